The second kappa shape index (κ2) is 5.83. The molecule has 21 heavy (non-hydrogen) atoms. The van der Waals surface area contributed by atoms with Crippen molar-refractivity contribution in [1.29, 1.82) is 0 Å². The molecule has 6 heteroatoms. The summed E-state index contributed by atoms with van der Waals surface area (Å²) in [5.41, 5.74) is 1.52. The molecule has 0 saturated carbocycles. The molecule has 1 aromatic heterocycles. The highest BCUT2D eigenvalue weighted by molar-refractivity contribution is 7.89. The van der Waals surface area contributed by atoms with Crippen molar-refractivity contribution < 1.29 is 8.42 Å². The van der Waals surface area contributed by atoms with E-state index in [0.29, 0.717) is 12.1 Å². The minimum atomic E-state index is -3.42. The number of rotatable bonds is 4. The summed E-state index contributed by atoms with van der Waals surface area (Å²) in [5.74, 6) is 0. The van der Waals surface area contributed by atoms with Crippen LogP contribution in [0, 0.1) is 6.92 Å². The number of sulfonamides is 1. The first-order valence-corrected chi connectivity index (χ1v) is 7.94. The summed E-state index contributed by atoms with van der Waals surface area (Å²) < 4.78 is 26.7. The van der Waals surface area contributed by atoms with Crippen LogP contribution in [0.1, 0.15) is 11.1 Å². The third-order valence-corrected chi connectivity index (χ3v) is 5.09. The average molecular weight is 306 g/mol. The number of hydrogen-bond acceptors (Lipinski definition) is 3. The van der Waals surface area contributed by atoms with Crippen molar-refractivity contribution in [2.24, 2.45) is 0 Å². The highest BCUT2D eigenvalue weighted by Crippen LogP contribution is 2.14. The van der Waals surface area contributed by atoms with Gasteiger partial charge in [0.25, 0.3) is 5.56 Å². The molecular formula is C15H18N2O3S. The Morgan fingerprint density at radius 3 is 2.29 bits per heavy atom. The lowest BCUT2D eigenvalue weighted by Gasteiger charge is -2.12. The average Bonchev–Trinajstić information content (AvgIpc) is 2.44. The molecule has 0 fully saturated rings. The SMILES string of the molecule is Cc1cccn(Cc2ccc(S(=O)(=O)N(C)C)cc2)c1=O. The molecule has 5 nitrogen and oxygen atoms in total. The monoisotopic (exact) mass is 306 g/mol. The molecule has 2 rings (SSSR count). The lowest BCUT2D eigenvalue weighted by molar-refractivity contribution is 0.520. The molecule has 0 atom stereocenters. The third-order valence-electron chi connectivity index (χ3n) is 3.27. The Balaban J connectivity index is 2.29. The van der Waals surface area contributed by atoms with E-state index in [0.717, 1.165) is 5.56 Å². The van der Waals surface area contributed by atoms with Gasteiger partial charge in [0, 0.05) is 25.9 Å². The molecule has 0 amide bonds. The van der Waals surface area contributed by atoms with E-state index in [-0.39, 0.29) is 10.5 Å². The molecule has 0 spiro atoms. The zero-order chi connectivity index (χ0) is 15.6. The van der Waals surface area contributed by atoms with Crippen LogP contribution in [-0.4, -0.2) is 31.4 Å². The Kier molecular flexibility index (Phi) is 4.29. The van der Waals surface area contributed by atoms with Crippen molar-refractivity contribution in [2.45, 2.75) is 18.4 Å². The van der Waals surface area contributed by atoms with Crippen LogP contribution < -0.4 is 5.56 Å². The molecule has 1 heterocycles. The summed E-state index contributed by atoms with van der Waals surface area (Å²) in [5, 5.41) is 0. The van der Waals surface area contributed by atoms with Crippen LogP contribution in [0.4, 0.5) is 0 Å². The van der Waals surface area contributed by atoms with Gasteiger partial charge in [-0.2, -0.15) is 0 Å². The molecule has 0 radical (unpaired) electrons. The van der Waals surface area contributed by atoms with E-state index in [1.807, 2.05) is 6.07 Å². The first-order valence-electron chi connectivity index (χ1n) is 6.50. The van der Waals surface area contributed by atoms with Crippen LogP contribution in [0.5, 0.6) is 0 Å². The standard InChI is InChI=1S/C15H18N2O3S/c1-12-5-4-10-17(15(12)18)11-13-6-8-14(9-7-13)21(19,20)16(2)3/h4-10H,11H2,1-3H3. The molecule has 2 aromatic rings. The number of aromatic nitrogens is 1. The predicted molar refractivity (Wildman–Crippen MR) is 81.9 cm³/mol. The van der Waals surface area contributed by atoms with Crippen molar-refractivity contribution in [2.75, 3.05) is 14.1 Å². The van der Waals surface area contributed by atoms with Gasteiger partial charge in [0.1, 0.15) is 0 Å². The maximum Gasteiger partial charge on any atom is 0.253 e. The quantitative estimate of drug-likeness (QED) is 0.859. The minimum Gasteiger partial charge on any atom is -0.311 e. The van der Waals surface area contributed by atoms with Gasteiger partial charge in [-0.15, -0.1) is 0 Å². The summed E-state index contributed by atoms with van der Waals surface area (Å²) in [7, 11) is -0.425. The van der Waals surface area contributed by atoms with E-state index in [1.165, 1.54) is 18.4 Å². The second-order valence-electron chi connectivity index (χ2n) is 5.06. The molecule has 112 valence electrons. The van der Waals surface area contributed by atoms with Gasteiger partial charge >= 0.3 is 0 Å². The smallest absolute Gasteiger partial charge is 0.253 e. The molecule has 0 aliphatic rings. The van der Waals surface area contributed by atoms with Crippen LogP contribution in [0.3, 0.4) is 0 Å². The highest BCUT2D eigenvalue weighted by Gasteiger charge is 2.16. The van der Waals surface area contributed by atoms with Crippen molar-refractivity contribution in [3.8, 4) is 0 Å². The fraction of sp³-hybridized carbons (Fsp3) is 0.267. The fourth-order valence-corrected chi connectivity index (χ4v) is 2.86. The molecule has 0 aliphatic carbocycles. The van der Waals surface area contributed by atoms with Crippen LogP contribution in [0.2, 0.25) is 0 Å². The maximum atomic E-state index is 12.0. The number of benzene rings is 1. The third kappa shape index (κ3) is 3.22. The molecule has 0 N–H and O–H groups in total. The number of pyridine rings is 1. The molecule has 0 aliphatic heterocycles. The number of hydrogen-bond donors (Lipinski definition) is 0. The minimum absolute atomic E-state index is 0.0394. The fourth-order valence-electron chi connectivity index (χ4n) is 1.96. The van der Waals surface area contributed by atoms with Crippen LogP contribution in [0.15, 0.2) is 52.3 Å². The van der Waals surface area contributed by atoms with Crippen LogP contribution in [-0.2, 0) is 16.6 Å². The van der Waals surface area contributed by atoms with Gasteiger partial charge in [-0.25, -0.2) is 12.7 Å². The van der Waals surface area contributed by atoms with Crippen molar-refractivity contribution in [1.82, 2.24) is 8.87 Å². The Labute approximate surface area is 124 Å². The van der Waals surface area contributed by atoms with Gasteiger partial charge in [-0.1, -0.05) is 18.2 Å². The first-order chi connectivity index (χ1) is 9.82. The molecule has 0 bridgehead atoms. The van der Waals surface area contributed by atoms with Gasteiger partial charge in [0.05, 0.1) is 11.4 Å². The molecule has 0 saturated heterocycles. The van der Waals surface area contributed by atoms with E-state index in [1.54, 1.807) is 48.0 Å². The Bertz CT molecular complexity index is 790. The summed E-state index contributed by atoms with van der Waals surface area (Å²) in [6.45, 7) is 2.19. The lowest BCUT2D eigenvalue weighted by Crippen LogP contribution is -2.23. The van der Waals surface area contributed by atoms with Crippen molar-refractivity contribution >= 4 is 10.0 Å². The van der Waals surface area contributed by atoms with E-state index in [4.69, 9.17) is 0 Å². The van der Waals surface area contributed by atoms with Gasteiger partial charge in [-0.3, -0.25) is 4.79 Å². The number of aryl methyl sites for hydroxylation is 1. The molecule has 1 aromatic carbocycles. The Morgan fingerprint density at radius 2 is 1.71 bits per heavy atom. The van der Waals surface area contributed by atoms with E-state index >= 15 is 0 Å². The molecular weight excluding hydrogens is 288 g/mol. The summed E-state index contributed by atoms with van der Waals surface area (Å²) in [6, 6.07) is 10.2. The van der Waals surface area contributed by atoms with E-state index < -0.39 is 10.0 Å². The second-order valence-corrected chi connectivity index (χ2v) is 7.21. The van der Waals surface area contributed by atoms with Gasteiger partial charge in [0.2, 0.25) is 10.0 Å². The maximum absolute atomic E-state index is 12.0. The van der Waals surface area contributed by atoms with Crippen molar-refractivity contribution in [3.05, 3.63) is 64.1 Å². The molecule has 0 unspecified atom stereocenters. The Hall–Kier alpha value is -1.92. The predicted octanol–water partition coefficient (Wildman–Crippen LogP) is 1.46. The normalized spacial score (nSPS) is 11.8. The number of nitrogens with zero attached hydrogens (tertiary/aromatic N) is 2. The van der Waals surface area contributed by atoms with Crippen LogP contribution in [0.25, 0.3) is 0 Å². The highest BCUT2D eigenvalue weighted by atomic mass is 32.2. The summed E-state index contributed by atoms with van der Waals surface area (Å²) in [6.07, 6.45) is 1.72. The zero-order valence-electron chi connectivity index (χ0n) is 12.3. The van der Waals surface area contributed by atoms with Gasteiger partial charge < -0.3 is 4.57 Å². The summed E-state index contributed by atoms with van der Waals surface area (Å²) >= 11 is 0. The largest absolute Gasteiger partial charge is 0.311 e. The van der Waals surface area contributed by atoms with Crippen molar-refractivity contribution in [3.63, 3.8) is 0 Å². The zero-order valence-corrected chi connectivity index (χ0v) is 13.1. The van der Waals surface area contributed by atoms with E-state index in [9.17, 15) is 13.2 Å². The lowest BCUT2D eigenvalue weighted by atomic mass is 10.2. The van der Waals surface area contributed by atoms with Gasteiger partial charge in [-0.05, 0) is 30.7 Å². The topological polar surface area (TPSA) is 59.4 Å². The van der Waals surface area contributed by atoms with Gasteiger partial charge in [0.15, 0.2) is 0 Å². The Morgan fingerprint density at radius 1 is 1.10 bits per heavy atom. The first kappa shape index (κ1) is 15.5. The van der Waals surface area contributed by atoms with Crippen LogP contribution >= 0.6 is 0 Å². The summed E-state index contributed by atoms with van der Waals surface area (Å²) in [4.78, 5) is 12.2. The van der Waals surface area contributed by atoms with E-state index in [2.05, 4.69) is 0 Å².